The highest BCUT2D eigenvalue weighted by Gasteiger charge is 2.31. The molecule has 0 saturated carbocycles. The van der Waals surface area contributed by atoms with Gasteiger partial charge in [-0.1, -0.05) is 6.92 Å². The van der Waals surface area contributed by atoms with Crippen molar-refractivity contribution in [2.45, 2.75) is 25.9 Å². The molecular formula is C10H18N2O2. The molecule has 2 aliphatic rings. The van der Waals surface area contributed by atoms with Gasteiger partial charge in [0.1, 0.15) is 0 Å². The molecule has 0 bridgehead atoms. The van der Waals surface area contributed by atoms with Gasteiger partial charge in [0.25, 0.3) is 0 Å². The van der Waals surface area contributed by atoms with Crippen molar-refractivity contribution >= 4 is 6.03 Å². The number of ether oxygens (including phenoxy) is 1. The summed E-state index contributed by atoms with van der Waals surface area (Å²) in [6, 6.07) is 0.0896. The lowest BCUT2D eigenvalue weighted by atomic mass is 9.99. The van der Waals surface area contributed by atoms with Gasteiger partial charge in [0.2, 0.25) is 0 Å². The summed E-state index contributed by atoms with van der Waals surface area (Å²) < 4.78 is 5.60. The van der Waals surface area contributed by atoms with Crippen molar-refractivity contribution in [2.75, 3.05) is 26.2 Å². The van der Waals surface area contributed by atoms with Gasteiger partial charge in [-0.25, -0.2) is 4.79 Å². The number of amides is 2. The second-order valence-corrected chi connectivity index (χ2v) is 4.04. The molecular weight excluding hydrogens is 180 g/mol. The number of hydrogen-bond acceptors (Lipinski definition) is 2. The molecule has 2 rings (SSSR count). The van der Waals surface area contributed by atoms with Gasteiger partial charge in [-0.15, -0.1) is 0 Å². The van der Waals surface area contributed by atoms with Crippen LogP contribution in [0.5, 0.6) is 0 Å². The summed E-state index contributed by atoms with van der Waals surface area (Å²) in [6.45, 7) is 5.52. The molecule has 2 aliphatic heterocycles. The fourth-order valence-electron chi connectivity index (χ4n) is 2.32. The lowest BCUT2D eigenvalue weighted by Gasteiger charge is -2.22. The Kier molecular flexibility index (Phi) is 2.91. The molecule has 0 aromatic rings. The van der Waals surface area contributed by atoms with Crippen LogP contribution in [0.15, 0.2) is 0 Å². The molecule has 2 fully saturated rings. The van der Waals surface area contributed by atoms with Gasteiger partial charge < -0.3 is 15.0 Å². The van der Waals surface area contributed by atoms with Gasteiger partial charge in [-0.05, 0) is 12.8 Å². The SMILES string of the molecule is CCC1OCCC1CN1CCNC1=O. The zero-order valence-corrected chi connectivity index (χ0v) is 8.66. The lowest BCUT2D eigenvalue weighted by Crippen LogP contribution is -2.35. The van der Waals surface area contributed by atoms with Gasteiger partial charge in [-0.3, -0.25) is 0 Å². The van der Waals surface area contributed by atoms with E-state index in [0.29, 0.717) is 12.0 Å². The Hall–Kier alpha value is -0.770. The Labute approximate surface area is 84.6 Å². The van der Waals surface area contributed by atoms with E-state index in [2.05, 4.69) is 12.2 Å². The molecule has 0 aromatic carbocycles. The minimum Gasteiger partial charge on any atom is -0.378 e. The first-order valence-electron chi connectivity index (χ1n) is 5.45. The first kappa shape index (κ1) is 9.77. The molecule has 4 nitrogen and oxygen atoms in total. The van der Waals surface area contributed by atoms with Crippen LogP contribution in [0.1, 0.15) is 19.8 Å². The van der Waals surface area contributed by atoms with Crippen molar-refractivity contribution < 1.29 is 9.53 Å². The van der Waals surface area contributed by atoms with E-state index in [1.807, 2.05) is 4.90 Å². The number of nitrogens with one attached hydrogen (secondary N) is 1. The molecule has 2 unspecified atom stereocenters. The second kappa shape index (κ2) is 4.17. The predicted molar refractivity (Wildman–Crippen MR) is 53.1 cm³/mol. The molecule has 1 N–H and O–H groups in total. The fourth-order valence-corrected chi connectivity index (χ4v) is 2.32. The summed E-state index contributed by atoms with van der Waals surface area (Å²) >= 11 is 0. The summed E-state index contributed by atoms with van der Waals surface area (Å²) in [5.41, 5.74) is 0. The first-order chi connectivity index (χ1) is 6.81. The average molecular weight is 198 g/mol. The molecule has 80 valence electrons. The molecule has 2 amide bonds. The van der Waals surface area contributed by atoms with Crippen LogP contribution in [0.25, 0.3) is 0 Å². The van der Waals surface area contributed by atoms with E-state index in [9.17, 15) is 4.79 Å². The van der Waals surface area contributed by atoms with Gasteiger partial charge in [0.05, 0.1) is 6.10 Å². The molecule has 0 spiro atoms. The van der Waals surface area contributed by atoms with E-state index < -0.39 is 0 Å². The maximum atomic E-state index is 11.3. The molecule has 14 heavy (non-hydrogen) atoms. The van der Waals surface area contributed by atoms with Crippen molar-refractivity contribution in [3.8, 4) is 0 Å². The summed E-state index contributed by atoms with van der Waals surface area (Å²) in [6.07, 6.45) is 2.52. The zero-order chi connectivity index (χ0) is 9.97. The maximum absolute atomic E-state index is 11.3. The highest BCUT2D eigenvalue weighted by molar-refractivity contribution is 5.76. The van der Waals surface area contributed by atoms with Crippen molar-refractivity contribution in [3.05, 3.63) is 0 Å². The van der Waals surface area contributed by atoms with E-state index in [-0.39, 0.29) is 6.03 Å². The summed E-state index contributed by atoms with van der Waals surface area (Å²) in [4.78, 5) is 13.2. The molecule has 2 heterocycles. The van der Waals surface area contributed by atoms with E-state index in [1.165, 1.54) is 0 Å². The Morgan fingerprint density at radius 3 is 3.14 bits per heavy atom. The van der Waals surface area contributed by atoms with Crippen LogP contribution in [0, 0.1) is 5.92 Å². The Morgan fingerprint density at radius 2 is 2.50 bits per heavy atom. The minimum atomic E-state index is 0.0896. The van der Waals surface area contributed by atoms with Gasteiger partial charge in [0.15, 0.2) is 0 Å². The van der Waals surface area contributed by atoms with E-state index >= 15 is 0 Å². The van der Waals surface area contributed by atoms with Crippen molar-refractivity contribution in [1.29, 1.82) is 0 Å². The second-order valence-electron chi connectivity index (χ2n) is 4.04. The van der Waals surface area contributed by atoms with Crippen LogP contribution in [0.2, 0.25) is 0 Å². The molecule has 4 heteroatoms. The van der Waals surface area contributed by atoms with E-state index in [1.54, 1.807) is 0 Å². The highest BCUT2D eigenvalue weighted by atomic mass is 16.5. The third-order valence-electron chi connectivity index (χ3n) is 3.15. The summed E-state index contributed by atoms with van der Waals surface area (Å²) in [5, 5.41) is 2.82. The topological polar surface area (TPSA) is 41.6 Å². The molecule has 2 atom stereocenters. The number of urea groups is 1. The zero-order valence-electron chi connectivity index (χ0n) is 8.66. The average Bonchev–Trinajstić information content (AvgIpc) is 2.77. The summed E-state index contributed by atoms with van der Waals surface area (Å²) in [5.74, 6) is 0.545. The molecule has 2 saturated heterocycles. The van der Waals surface area contributed by atoms with Crippen LogP contribution in [-0.4, -0.2) is 43.3 Å². The first-order valence-corrected chi connectivity index (χ1v) is 5.45. The molecule has 0 aliphatic carbocycles. The predicted octanol–water partition coefficient (Wildman–Crippen LogP) is 0.827. The quantitative estimate of drug-likeness (QED) is 0.729. The van der Waals surface area contributed by atoms with Crippen LogP contribution < -0.4 is 5.32 Å². The maximum Gasteiger partial charge on any atom is 0.317 e. The monoisotopic (exact) mass is 198 g/mol. The van der Waals surface area contributed by atoms with E-state index in [4.69, 9.17) is 4.74 Å². The number of carbonyl (C=O) groups excluding carboxylic acids is 1. The Balaban J connectivity index is 1.86. The van der Waals surface area contributed by atoms with Crippen molar-refractivity contribution in [2.24, 2.45) is 5.92 Å². The number of carbonyl (C=O) groups is 1. The number of rotatable bonds is 3. The minimum absolute atomic E-state index is 0.0896. The van der Waals surface area contributed by atoms with Crippen LogP contribution in [-0.2, 0) is 4.74 Å². The number of hydrogen-bond donors (Lipinski definition) is 1. The lowest BCUT2D eigenvalue weighted by molar-refractivity contribution is 0.0807. The fraction of sp³-hybridized carbons (Fsp3) is 0.900. The molecule has 0 radical (unpaired) electrons. The molecule has 0 aromatic heterocycles. The standard InChI is InChI=1S/C10H18N2O2/c1-2-9-8(3-6-14-9)7-12-5-4-11-10(12)13/h8-9H,2-7H2,1H3,(H,11,13). The van der Waals surface area contributed by atoms with Gasteiger partial charge >= 0.3 is 6.03 Å². The third kappa shape index (κ3) is 1.85. The van der Waals surface area contributed by atoms with Crippen LogP contribution >= 0.6 is 0 Å². The Bertz CT molecular complexity index is 220. The van der Waals surface area contributed by atoms with Crippen molar-refractivity contribution in [1.82, 2.24) is 10.2 Å². The van der Waals surface area contributed by atoms with Crippen LogP contribution in [0.3, 0.4) is 0 Å². The van der Waals surface area contributed by atoms with Crippen molar-refractivity contribution in [3.63, 3.8) is 0 Å². The largest absolute Gasteiger partial charge is 0.378 e. The van der Waals surface area contributed by atoms with E-state index in [0.717, 1.165) is 39.1 Å². The third-order valence-corrected chi connectivity index (χ3v) is 3.15. The van der Waals surface area contributed by atoms with Gasteiger partial charge in [-0.2, -0.15) is 0 Å². The number of nitrogens with zero attached hydrogens (tertiary/aromatic N) is 1. The van der Waals surface area contributed by atoms with Crippen LogP contribution in [0.4, 0.5) is 4.79 Å². The highest BCUT2D eigenvalue weighted by Crippen LogP contribution is 2.24. The smallest absolute Gasteiger partial charge is 0.317 e. The normalized spacial score (nSPS) is 32.4. The van der Waals surface area contributed by atoms with Gasteiger partial charge in [0, 0.05) is 32.2 Å². The summed E-state index contributed by atoms with van der Waals surface area (Å²) in [7, 11) is 0. The Morgan fingerprint density at radius 1 is 1.64 bits per heavy atom.